The van der Waals surface area contributed by atoms with Crippen molar-refractivity contribution in [2.75, 3.05) is 13.2 Å². The van der Waals surface area contributed by atoms with Crippen LogP contribution >= 0.6 is 8.38 Å². The summed E-state index contributed by atoms with van der Waals surface area (Å²) < 4.78 is 10.6. The quantitative estimate of drug-likeness (QED) is 0.672. The average molecular weight is 190 g/mol. The zero-order valence-corrected chi connectivity index (χ0v) is 7.91. The van der Waals surface area contributed by atoms with Crippen LogP contribution in [0.3, 0.4) is 0 Å². The van der Waals surface area contributed by atoms with E-state index in [9.17, 15) is 0 Å². The van der Waals surface area contributed by atoms with E-state index in [1.807, 2.05) is 13.8 Å². The summed E-state index contributed by atoms with van der Waals surface area (Å²) in [6.45, 7) is 4.96. The molecule has 7 heteroatoms. The number of aromatic amines is 1. The summed E-state index contributed by atoms with van der Waals surface area (Å²) >= 11 is 0. The molecule has 1 rings (SSSR count). The Bertz CT molecular complexity index is 199. The van der Waals surface area contributed by atoms with Crippen molar-refractivity contribution in [3.63, 3.8) is 0 Å². The molecule has 0 spiro atoms. The SMILES string of the molecule is CCOP(OCC)c1nn[nH]n1. The van der Waals surface area contributed by atoms with Gasteiger partial charge in [-0.15, -0.1) is 10.2 Å². The highest BCUT2D eigenvalue weighted by Crippen LogP contribution is 2.34. The molecule has 0 unspecified atom stereocenters. The van der Waals surface area contributed by atoms with E-state index in [0.29, 0.717) is 18.8 Å². The van der Waals surface area contributed by atoms with Gasteiger partial charge in [0, 0.05) is 0 Å². The van der Waals surface area contributed by atoms with Gasteiger partial charge in [-0.2, -0.15) is 5.21 Å². The Morgan fingerprint density at radius 3 is 2.42 bits per heavy atom. The van der Waals surface area contributed by atoms with Crippen molar-refractivity contribution in [3.8, 4) is 0 Å². The van der Waals surface area contributed by atoms with Crippen LogP contribution in [0.25, 0.3) is 0 Å². The van der Waals surface area contributed by atoms with Gasteiger partial charge in [-0.3, -0.25) is 0 Å². The molecule has 68 valence electrons. The third kappa shape index (κ3) is 2.48. The maximum Gasteiger partial charge on any atom is 0.251 e. The fourth-order valence-corrected chi connectivity index (χ4v) is 1.64. The summed E-state index contributed by atoms with van der Waals surface area (Å²) in [5.74, 6) is 0. The Hall–Kier alpha value is -0.580. The van der Waals surface area contributed by atoms with E-state index in [0.717, 1.165) is 0 Å². The van der Waals surface area contributed by atoms with Crippen LogP contribution in [0.5, 0.6) is 0 Å². The predicted octanol–water partition coefficient (Wildman–Crippen LogP) is 0.210. The molecule has 0 aliphatic rings. The molecule has 0 aliphatic heterocycles. The molecule has 0 aromatic carbocycles. The van der Waals surface area contributed by atoms with Crippen molar-refractivity contribution in [2.45, 2.75) is 13.8 Å². The van der Waals surface area contributed by atoms with Crippen molar-refractivity contribution in [1.82, 2.24) is 20.6 Å². The molecule has 0 bridgehead atoms. The van der Waals surface area contributed by atoms with Crippen LogP contribution in [-0.2, 0) is 9.05 Å². The van der Waals surface area contributed by atoms with E-state index in [1.54, 1.807) is 0 Å². The lowest BCUT2D eigenvalue weighted by Gasteiger charge is -2.10. The number of tetrazole rings is 1. The Kier molecular flexibility index (Phi) is 4.07. The van der Waals surface area contributed by atoms with Gasteiger partial charge in [0.2, 0.25) is 8.38 Å². The van der Waals surface area contributed by atoms with Gasteiger partial charge in [0.1, 0.15) is 0 Å². The maximum absolute atomic E-state index is 5.28. The molecule has 0 atom stereocenters. The second-order valence-corrected chi connectivity index (χ2v) is 3.24. The summed E-state index contributed by atoms with van der Waals surface area (Å²) in [7, 11) is -1.13. The summed E-state index contributed by atoms with van der Waals surface area (Å²) in [5, 5.41) is 13.4. The summed E-state index contributed by atoms with van der Waals surface area (Å²) in [6.07, 6.45) is 0. The number of aromatic nitrogens is 4. The number of hydrogen-bond acceptors (Lipinski definition) is 5. The van der Waals surface area contributed by atoms with Crippen LogP contribution in [0, 0.1) is 0 Å². The van der Waals surface area contributed by atoms with Gasteiger partial charge in [0.05, 0.1) is 13.2 Å². The van der Waals surface area contributed by atoms with Crippen LogP contribution in [0.1, 0.15) is 13.8 Å². The topological polar surface area (TPSA) is 72.9 Å². The molecule has 0 fully saturated rings. The van der Waals surface area contributed by atoms with Gasteiger partial charge in [0.25, 0.3) is 5.57 Å². The zero-order chi connectivity index (χ0) is 8.81. The van der Waals surface area contributed by atoms with E-state index < -0.39 is 8.38 Å². The van der Waals surface area contributed by atoms with Gasteiger partial charge in [-0.25, -0.2) is 0 Å². The first-order valence-electron chi connectivity index (χ1n) is 3.67. The van der Waals surface area contributed by atoms with Gasteiger partial charge < -0.3 is 9.05 Å². The number of nitrogens with one attached hydrogen (secondary N) is 1. The van der Waals surface area contributed by atoms with Crippen LogP contribution in [0.4, 0.5) is 0 Å². The van der Waals surface area contributed by atoms with Crippen molar-refractivity contribution in [1.29, 1.82) is 0 Å². The lowest BCUT2D eigenvalue weighted by Crippen LogP contribution is -2.10. The Balaban J connectivity index is 2.53. The molecule has 0 radical (unpaired) electrons. The first kappa shape index (κ1) is 9.51. The Morgan fingerprint density at radius 2 is 2.00 bits per heavy atom. The molecule has 0 amide bonds. The van der Waals surface area contributed by atoms with E-state index in [1.165, 1.54) is 0 Å². The highest BCUT2D eigenvalue weighted by molar-refractivity contribution is 7.55. The second kappa shape index (κ2) is 5.13. The normalized spacial score (nSPS) is 10.9. The highest BCUT2D eigenvalue weighted by Gasteiger charge is 2.17. The van der Waals surface area contributed by atoms with Crippen LogP contribution in [-0.4, -0.2) is 33.8 Å². The van der Waals surface area contributed by atoms with Gasteiger partial charge >= 0.3 is 0 Å². The van der Waals surface area contributed by atoms with E-state index in [-0.39, 0.29) is 0 Å². The minimum absolute atomic E-state index is 0.494. The number of rotatable bonds is 5. The largest absolute Gasteiger partial charge is 0.329 e. The number of H-pyrrole nitrogens is 1. The molecule has 0 saturated heterocycles. The minimum atomic E-state index is -1.13. The zero-order valence-electron chi connectivity index (χ0n) is 7.02. The first-order chi connectivity index (χ1) is 5.88. The van der Waals surface area contributed by atoms with E-state index in [2.05, 4.69) is 20.6 Å². The lowest BCUT2D eigenvalue weighted by atomic mass is 10.9. The van der Waals surface area contributed by atoms with Crippen molar-refractivity contribution < 1.29 is 9.05 Å². The number of nitrogens with zero attached hydrogens (tertiary/aromatic N) is 3. The smallest absolute Gasteiger partial charge is 0.251 e. The van der Waals surface area contributed by atoms with Crippen LogP contribution < -0.4 is 5.57 Å². The molecule has 1 aromatic heterocycles. The Morgan fingerprint density at radius 1 is 1.33 bits per heavy atom. The molecule has 12 heavy (non-hydrogen) atoms. The third-order valence-corrected chi connectivity index (χ3v) is 2.49. The second-order valence-electron chi connectivity index (χ2n) is 1.80. The highest BCUT2D eigenvalue weighted by atomic mass is 31.2. The van der Waals surface area contributed by atoms with E-state index >= 15 is 0 Å². The molecule has 0 aliphatic carbocycles. The number of hydrogen-bond donors (Lipinski definition) is 1. The molecule has 6 nitrogen and oxygen atoms in total. The maximum atomic E-state index is 5.28. The molecular weight excluding hydrogens is 179 g/mol. The van der Waals surface area contributed by atoms with Crippen molar-refractivity contribution in [3.05, 3.63) is 0 Å². The first-order valence-corrected chi connectivity index (χ1v) is 4.85. The molecule has 0 saturated carbocycles. The third-order valence-electron chi connectivity index (χ3n) is 0.990. The van der Waals surface area contributed by atoms with Crippen molar-refractivity contribution >= 4 is 13.9 Å². The molecule has 1 N–H and O–H groups in total. The fraction of sp³-hybridized carbons (Fsp3) is 0.800. The summed E-state index contributed by atoms with van der Waals surface area (Å²) in [4.78, 5) is 0. The fourth-order valence-electron chi connectivity index (χ4n) is 0.621. The average Bonchev–Trinajstić information content (AvgIpc) is 2.56. The molecular formula is C5H11N4O2P. The van der Waals surface area contributed by atoms with Gasteiger partial charge in [-0.1, -0.05) is 0 Å². The van der Waals surface area contributed by atoms with Gasteiger partial charge in [-0.05, 0) is 19.1 Å². The minimum Gasteiger partial charge on any atom is -0.329 e. The van der Waals surface area contributed by atoms with Crippen LogP contribution in [0.15, 0.2) is 0 Å². The summed E-state index contributed by atoms with van der Waals surface area (Å²) in [5.41, 5.74) is 0.494. The molecule has 1 heterocycles. The standard InChI is InChI=1S/C5H11N4O2P/c1-3-10-12(11-4-2)5-6-8-9-7-5/h3-4H2,1-2H3,(H,6,7,8,9). The monoisotopic (exact) mass is 190 g/mol. The van der Waals surface area contributed by atoms with Crippen LogP contribution in [0.2, 0.25) is 0 Å². The van der Waals surface area contributed by atoms with Gasteiger partial charge in [0.15, 0.2) is 0 Å². The van der Waals surface area contributed by atoms with Crippen molar-refractivity contribution in [2.24, 2.45) is 0 Å². The Labute approximate surface area is 71.6 Å². The summed E-state index contributed by atoms with van der Waals surface area (Å²) in [6, 6.07) is 0. The predicted molar refractivity (Wildman–Crippen MR) is 44.0 cm³/mol. The lowest BCUT2D eigenvalue weighted by molar-refractivity contribution is 0.276. The molecule has 1 aromatic rings. The van der Waals surface area contributed by atoms with E-state index in [4.69, 9.17) is 9.05 Å².